The van der Waals surface area contributed by atoms with Gasteiger partial charge in [-0.2, -0.15) is 0 Å². The van der Waals surface area contributed by atoms with E-state index in [0.29, 0.717) is 17.0 Å². The highest BCUT2D eigenvalue weighted by atomic mass is 35.5. The van der Waals surface area contributed by atoms with Crippen LogP contribution >= 0.6 is 11.6 Å². The highest BCUT2D eigenvalue weighted by Crippen LogP contribution is 2.30. The van der Waals surface area contributed by atoms with Crippen LogP contribution in [0.15, 0.2) is 49.2 Å². The summed E-state index contributed by atoms with van der Waals surface area (Å²) in [6, 6.07) is 5.01. The molecule has 1 amide bonds. The van der Waals surface area contributed by atoms with Crippen molar-refractivity contribution in [3.05, 3.63) is 55.0 Å². The smallest absolute Gasteiger partial charge is 0.240 e. The number of halogens is 2. The van der Waals surface area contributed by atoms with Crippen molar-refractivity contribution in [1.29, 1.82) is 0 Å². The van der Waals surface area contributed by atoms with Gasteiger partial charge in [-0.3, -0.25) is 14.8 Å². The largest absolute Gasteiger partial charge is 0.308 e. The normalized spacial score (nSPS) is 10.4. The maximum Gasteiger partial charge on any atom is 0.240 e. The molecule has 8 heteroatoms. The third-order valence-electron chi connectivity index (χ3n) is 3.12. The predicted molar refractivity (Wildman–Crippen MR) is 87.8 cm³/mol. The van der Waals surface area contributed by atoms with Crippen LogP contribution in [-0.2, 0) is 4.79 Å². The number of rotatable bonds is 4. The van der Waals surface area contributed by atoms with E-state index in [-0.39, 0.29) is 17.3 Å². The number of carbonyl (C=O) groups is 1. The molecule has 120 valence electrons. The third kappa shape index (κ3) is 3.36. The summed E-state index contributed by atoms with van der Waals surface area (Å²) in [5.41, 5.74) is 1.61. The Bertz CT molecular complexity index is 875. The van der Waals surface area contributed by atoms with Gasteiger partial charge in [0, 0.05) is 29.7 Å². The Morgan fingerprint density at radius 3 is 2.67 bits per heavy atom. The molecule has 0 radical (unpaired) electrons. The molecular weight excluding hydrogens is 333 g/mol. The van der Waals surface area contributed by atoms with Crippen molar-refractivity contribution in [2.24, 2.45) is 0 Å². The first-order chi connectivity index (χ1) is 11.7. The Labute approximate surface area is 141 Å². The minimum Gasteiger partial charge on any atom is -0.308 e. The van der Waals surface area contributed by atoms with E-state index < -0.39 is 11.7 Å². The quantitative estimate of drug-likeness (QED) is 0.737. The maximum atomic E-state index is 14.1. The Morgan fingerprint density at radius 2 is 1.96 bits per heavy atom. The molecule has 0 aliphatic heterocycles. The van der Waals surface area contributed by atoms with E-state index >= 15 is 0 Å². The molecule has 3 aromatic heterocycles. The van der Waals surface area contributed by atoms with E-state index in [1.54, 1.807) is 24.5 Å². The van der Waals surface area contributed by atoms with Crippen LogP contribution in [-0.4, -0.2) is 31.7 Å². The summed E-state index contributed by atoms with van der Waals surface area (Å²) in [6.07, 6.45) is 7.12. The van der Waals surface area contributed by atoms with Crippen LogP contribution in [0.1, 0.15) is 0 Å². The van der Waals surface area contributed by atoms with Crippen molar-refractivity contribution in [2.45, 2.75) is 0 Å². The molecule has 0 aromatic carbocycles. The molecule has 6 nitrogen and oxygen atoms in total. The second kappa shape index (κ2) is 7.10. The van der Waals surface area contributed by atoms with Gasteiger partial charge < -0.3 is 5.32 Å². The highest BCUT2D eigenvalue weighted by Gasteiger charge is 2.16. The van der Waals surface area contributed by atoms with Gasteiger partial charge in [0.25, 0.3) is 0 Å². The van der Waals surface area contributed by atoms with Crippen LogP contribution < -0.4 is 5.32 Å². The summed E-state index contributed by atoms with van der Waals surface area (Å²) >= 11 is 5.48. The fourth-order valence-corrected chi connectivity index (χ4v) is 2.16. The molecule has 0 spiro atoms. The molecule has 3 aromatic rings. The van der Waals surface area contributed by atoms with Crippen LogP contribution in [0.25, 0.3) is 22.5 Å². The lowest BCUT2D eigenvalue weighted by Crippen LogP contribution is -2.14. The van der Waals surface area contributed by atoms with Gasteiger partial charge in [0.05, 0.1) is 18.1 Å². The topological polar surface area (TPSA) is 80.7 Å². The summed E-state index contributed by atoms with van der Waals surface area (Å²) in [5, 5.41) is 2.52. The molecular formula is C16H11ClFN5O. The number of nitrogens with one attached hydrogen (secondary N) is 1. The van der Waals surface area contributed by atoms with Gasteiger partial charge >= 0.3 is 0 Å². The van der Waals surface area contributed by atoms with Crippen molar-refractivity contribution >= 4 is 23.3 Å². The third-order valence-corrected chi connectivity index (χ3v) is 3.37. The van der Waals surface area contributed by atoms with Crippen molar-refractivity contribution in [1.82, 2.24) is 19.9 Å². The minimum atomic E-state index is -0.519. The summed E-state index contributed by atoms with van der Waals surface area (Å²) in [4.78, 5) is 27.8. The van der Waals surface area contributed by atoms with Gasteiger partial charge in [-0.05, 0) is 18.2 Å². The maximum absolute atomic E-state index is 14.1. The first-order valence-corrected chi connectivity index (χ1v) is 7.45. The molecule has 0 aliphatic rings. The van der Waals surface area contributed by atoms with E-state index in [1.165, 1.54) is 18.5 Å². The number of aromatic nitrogens is 4. The van der Waals surface area contributed by atoms with Crippen LogP contribution in [0.2, 0.25) is 0 Å². The number of nitrogens with zero attached hydrogens (tertiary/aromatic N) is 4. The number of anilines is 1. The number of hydrogen-bond acceptors (Lipinski definition) is 5. The first-order valence-electron chi connectivity index (χ1n) is 6.92. The summed E-state index contributed by atoms with van der Waals surface area (Å²) in [6.45, 7) is 0. The van der Waals surface area contributed by atoms with Crippen molar-refractivity contribution in [3.8, 4) is 22.5 Å². The first kappa shape index (κ1) is 15.9. The van der Waals surface area contributed by atoms with Gasteiger partial charge in [-0.15, -0.1) is 11.6 Å². The second-order valence-electron chi connectivity index (χ2n) is 4.73. The zero-order chi connectivity index (χ0) is 16.9. The Kier molecular flexibility index (Phi) is 4.72. The van der Waals surface area contributed by atoms with Crippen molar-refractivity contribution < 1.29 is 9.18 Å². The average Bonchev–Trinajstić information content (AvgIpc) is 2.63. The fraction of sp³-hybridized carbons (Fsp3) is 0.0625. The number of pyridine rings is 2. The van der Waals surface area contributed by atoms with Crippen molar-refractivity contribution in [2.75, 3.05) is 11.2 Å². The van der Waals surface area contributed by atoms with E-state index in [2.05, 4.69) is 25.3 Å². The monoisotopic (exact) mass is 343 g/mol. The minimum absolute atomic E-state index is 0.204. The molecule has 0 aliphatic carbocycles. The van der Waals surface area contributed by atoms with Crippen LogP contribution in [0.5, 0.6) is 0 Å². The lowest BCUT2D eigenvalue weighted by molar-refractivity contribution is -0.113. The van der Waals surface area contributed by atoms with E-state index in [4.69, 9.17) is 11.6 Å². The molecule has 3 rings (SSSR count). The van der Waals surface area contributed by atoms with Crippen LogP contribution in [0, 0.1) is 5.82 Å². The van der Waals surface area contributed by atoms with Gasteiger partial charge in [0.15, 0.2) is 11.6 Å². The molecule has 0 saturated carbocycles. The number of hydrogen-bond donors (Lipinski definition) is 1. The molecule has 1 N–H and O–H groups in total. The summed E-state index contributed by atoms with van der Waals surface area (Å²) < 4.78 is 14.1. The average molecular weight is 344 g/mol. The fourth-order valence-electron chi connectivity index (χ4n) is 2.09. The standard InChI is InChI=1S/C16H11ClFN5O/c17-6-14(24)22-13-9-21-16(11-3-5-20-8-12(11)18)15(23-13)10-2-1-4-19-7-10/h1-5,7-9H,6H2,(H,22,23,24). The van der Waals surface area contributed by atoms with Gasteiger partial charge in [0.1, 0.15) is 11.6 Å². The van der Waals surface area contributed by atoms with Crippen molar-refractivity contribution in [3.63, 3.8) is 0 Å². The summed E-state index contributed by atoms with van der Waals surface area (Å²) in [5.74, 6) is -0.914. The number of amides is 1. The number of alkyl halides is 1. The molecule has 3 heterocycles. The lowest BCUT2D eigenvalue weighted by atomic mass is 10.1. The van der Waals surface area contributed by atoms with Gasteiger partial charge in [-0.25, -0.2) is 14.4 Å². The lowest BCUT2D eigenvalue weighted by Gasteiger charge is -2.11. The zero-order valence-electron chi connectivity index (χ0n) is 12.3. The van der Waals surface area contributed by atoms with E-state index in [9.17, 15) is 9.18 Å². The molecule has 0 saturated heterocycles. The zero-order valence-corrected chi connectivity index (χ0v) is 13.0. The van der Waals surface area contributed by atoms with Gasteiger partial charge in [0.2, 0.25) is 5.91 Å². The predicted octanol–water partition coefficient (Wildman–Crippen LogP) is 2.92. The SMILES string of the molecule is O=C(CCl)Nc1cnc(-c2ccncc2F)c(-c2cccnc2)n1. The Hall–Kier alpha value is -2.93. The van der Waals surface area contributed by atoms with Gasteiger partial charge in [-0.1, -0.05) is 0 Å². The summed E-state index contributed by atoms with van der Waals surface area (Å²) in [7, 11) is 0. The van der Waals surface area contributed by atoms with E-state index in [0.717, 1.165) is 6.20 Å². The second-order valence-corrected chi connectivity index (χ2v) is 5.00. The molecule has 24 heavy (non-hydrogen) atoms. The van der Waals surface area contributed by atoms with E-state index in [1.807, 2.05) is 0 Å². The Morgan fingerprint density at radius 1 is 1.12 bits per heavy atom. The molecule has 0 fully saturated rings. The molecule has 0 atom stereocenters. The Balaban J connectivity index is 2.15. The molecule has 0 unspecified atom stereocenters. The van der Waals surface area contributed by atoms with Crippen LogP contribution in [0.4, 0.5) is 10.2 Å². The molecule has 0 bridgehead atoms. The van der Waals surface area contributed by atoms with Crippen LogP contribution in [0.3, 0.4) is 0 Å². The highest BCUT2D eigenvalue weighted by molar-refractivity contribution is 6.29. The number of carbonyl (C=O) groups excluding carboxylic acids is 1.